The van der Waals surface area contributed by atoms with Gasteiger partial charge in [-0.3, -0.25) is 9.84 Å². The van der Waals surface area contributed by atoms with Gasteiger partial charge in [0.15, 0.2) is 6.04 Å². The topological polar surface area (TPSA) is 80.3 Å². The predicted molar refractivity (Wildman–Crippen MR) is 97.2 cm³/mol. The van der Waals surface area contributed by atoms with Gasteiger partial charge >= 0.3 is 11.9 Å². The van der Waals surface area contributed by atoms with E-state index in [1.807, 2.05) is 25.1 Å². The molecule has 27 heavy (non-hydrogen) atoms. The van der Waals surface area contributed by atoms with Crippen LogP contribution in [0.3, 0.4) is 0 Å². The van der Waals surface area contributed by atoms with Crippen molar-refractivity contribution < 1.29 is 35.7 Å². The first-order chi connectivity index (χ1) is 12.6. The van der Waals surface area contributed by atoms with Crippen LogP contribution >= 0.6 is 0 Å². The Morgan fingerprint density at radius 1 is 1.19 bits per heavy atom. The molecule has 0 saturated heterocycles. The molecule has 1 unspecified atom stereocenters. The molecule has 0 aliphatic heterocycles. The zero-order chi connectivity index (χ0) is 18.4. The van der Waals surface area contributed by atoms with Gasteiger partial charge < -0.3 is 27.0 Å². The highest BCUT2D eigenvalue weighted by Crippen LogP contribution is 2.17. The fourth-order valence-electron chi connectivity index (χ4n) is 2.55. The van der Waals surface area contributed by atoms with Gasteiger partial charge in [0.1, 0.15) is 5.75 Å². The third kappa shape index (κ3) is 5.82. The van der Waals surface area contributed by atoms with Crippen molar-refractivity contribution in [2.45, 2.75) is 19.4 Å². The number of rotatable bonds is 6. The highest BCUT2D eigenvalue weighted by molar-refractivity contribution is 5.98. The highest BCUT2D eigenvalue weighted by Gasteiger charge is 2.21. The molecule has 1 heterocycles. The van der Waals surface area contributed by atoms with Gasteiger partial charge in [0.05, 0.1) is 7.11 Å². The molecule has 0 saturated carbocycles. The Morgan fingerprint density at radius 3 is 2.70 bits per heavy atom. The molecule has 0 spiro atoms. The smallest absolute Gasteiger partial charge is 0.326 e. The van der Waals surface area contributed by atoms with Crippen LogP contribution in [0.15, 0.2) is 65.3 Å². The summed E-state index contributed by atoms with van der Waals surface area (Å²) in [7, 11) is 1.57. The number of nitrogens with zero attached hydrogens (tertiary/aromatic N) is 2. The SMILES string of the molecule is COc1cccc(NC(=O)Nc2c[n+](C(C)Cc3ccccc3)no2)c1.[Br-]. The van der Waals surface area contributed by atoms with Crippen molar-refractivity contribution in [3.8, 4) is 5.75 Å². The number of hydrogen-bond donors (Lipinski definition) is 2. The number of methoxy groups -OCH3 is 1. The normalized spacial score (nSPS) is 11.2. The number of urea groups is 1. The summed E-state index contributed by atoms with van der Waals surface area (Å²) in [5.41, 5.74) is 1.83. The van der Waals surface area contributed by atoms with Crippen LogP contribution < -0.4 is 37.0 Å². The number of halogens is 1. The van der Waals surface area contributed by atoms with Crippen molar-refractivity contribution in [2.75, 3.05) is 17.7 Å². The molecule has 3 rings (SSSR count). The quantitative estimate of drug-likeness (QED) is 0.553. The molecule has 8 heteroatoms. The Hall–Kier alpha value is -2.87. The lowest BCUT2D eigenvalue weighted by molar-refractivity contribution is -0.782. The fraction of sp³-hybridized carbons (Fsp3) is 0.211. The van der Waals surface area contributed by atoms with Crippen LogP contribution in [-0.2, 0) is 6.42 Å². The second-order valence-corrected chi connectivity index (χ2v) is 5.90. The van der Waals surface area contributed by atoms with E-state index in [1.165, 1.54) is 5.56 Å². The number of carbonyl (C=O) groups is 1. The molecule has 0 bridgehead atoms. The largest absolute Gasteiger partial charge is 1.00 e. The number of nitrogens with one attached hydrogen (secondary N) is 2. The van der Waals surface area contributed by atoms with E-state index in [0.717, 1.165) is 6.42 Å². The average molecular weight is 433 g/mol. The molecule has 7 nitrogen and oxygen atoms in total. The average Bonchev–Trinajstić information content (AvgIpc) is 3.11. The first kappa shape index (κ1) is 20.4. The molecular weight excluding hydrogens is 412 g/mol. The number of aromatic nitrogens is 2. The van der Waals surface area contributed by atoms with Crippen molar-refractivity contribution in [3.05, 3.63) is 66.4 Å². The van der Waals surface area contributed by atoms with Gasteiger partial charge in [-0.25, -0.2) is 4.79 Å². The molecule has 0 fully saturated rings. The van der Waals surface area contributed by atoms with Gasteiger partial charge in [0.2, 0.25) is 5.27 Å². The van der Waals surface area contributed by atoms with Crippen LogP contribution in [-0.4, -0.2) is 18.4 Å². The lowest BCUT2D eigenvalue weighted by atomic mass is 10.1. The maximum atomic E-state index is 12.1. The molecule has 0 radical (unpaired) electrons. The van der Waals surface area contributed by atoms with Crippen molar-refractivity contribution >= 4 is 17.6 Å². The first-order valence-electron chi connectivity index (χ1n) is 8.28. The summed E-state index contributed by atoms with van der Waals surface area (Å²) in [6.45, 7) is 2.04. The molecule has 0 aliphatic carbocycles. The van der Waals surface area contributed by atoms with Crippen molar-refractivity contribution in [1.29, 1.82) is 0 Å². The molecule has 2 amide bonds. The minimum absolute atomic E-state index is 0. The van der Waals surface area contributed by atoms with Crippen LogP contribution in [0.1, 0.15) is 18.5 Å². The second kappa shape index (κ2) is 9.72. The summed E-state index contributed by atoms with van der Waals surface area (Å²) in [6, 6.07) is 16.9. The molecular formula is C19H21BrN4O3. The summed E-state index contributed by atoms with van der Waals surface area (Å²) in [5, 5.41) is 9.32. The fourth-order valence-corrected chi connectivity index (χ4v) is 2.55. The number of anilines is 2. The second-order valence-electron chi connectivity index (χ2n) is 5.90. The third-order valence-electron chi connectivity index (χ3n) is 3.87. The van der Waals surface area contributed by atoms with Gasteiger partial charge in [0.25, 0.3) is 6.20 Å². The van der Waals surface area contributed by atoms with Crippen LogP contribution in [0.25, 0.3) is 0 Å². The standard InChI is InChI=1S/C19H20N4O3.BrH/c1-14(11-15-7-4-3-5-8-15)23-13-18(26-22-23)21-19(24)20-16-9-6-10-17(12-16)25-2;/h3-10,12-14H,11H2,1-2H3,(H-,20,21,22,24);1H. The lowest BCUT2D eigenvalue weighted by Crippen LogP contribution is -3.00. The molecule has 142 valence electrons. The van der Waals surface area contributed by atoms with Crippen molar-refractivity contribution in [2.24, 2.45) is 0 Å². The van der Waals surface area contributed by atoms with Gasteiger partial charge in [-0.2, -0.15) is 0 Å². The van der Waals surface area contributed by atoms with Crippen LogP contribution in [0.5, 0.6) is 5.75 Å². The zero-order valence-electron chi connectivity index (χ0n) is 15.1. The molecule has 2 N–H and O–H groups in total. The van der Waals surface area contributed by atoms with Crippen LogP contribution in [0.4, 0.5) is 16.4 Å². The number of ether oxygens (including phenoxy) is 1. The molecule has 1 atom stereocenters. The van der Waals surface area contributed by atoms with Gasteiger partial charge in [-0.05, 0) is 22.4 Å². The minimum atomic E-state index is -0.419. The summed E-state index contributed by atoms with van der Waals surface area (Å²) >= 11 is 0. The minimum Gasteiger partial charge on any atom is -1.00 e. The Balaban J connectivity index is 0.00000261. The van der Waals surface area contributed by atoms with Gasteiger partial charge in [0, 0.05) is 25.1 Å². The molecule has 3 aromatic rings. The van der Waals surface area contributed by atoms with Crippen molar-refractivity contribution in [3.63, 3.8) is 0 Å². The van der Waals surface area contributed by atoms with Crippen LogP contribution in [0, 0.1) is 0 Å². The number of hydrogen-bond acceptors (Lipinski definition) is 4. The first-order valence-corrected chi connectivity index (χ1v) is 8.28. The summed E-state index contributed by atoms with van der Waals surface area (Å²) in [6.07, 6.45) is 2.48. The number of benzene rings is 2. The van der Waals surface area contributed by atoms with E-state index < -0.39 is 6.03 Å². The van der Waals surface area contributed by atoms with Crippen molar-refractivity contribution in [1.82, 2.24) is 5.27 Å². The van der Waals surface area contributed by atoms with E-state index in [4.69, 9.17) is 9.26 Å². The van der Waals surface area contributed by atoms with E-state index >= 15 is 0 Å². The predicted octanol–water partition coefficient (Wildman–Crippen LogP) is 0.422. The third-order valence-corrected chi connectivity index (χ3v) is 3.87. The van der Waals surface area contributed by atoms with E-state index in [-0.39, 0.29) is 28.9 Å². The summed E-state index contributed by atoms with van der Waals surface area (Å²) in [4.78, 5) is 12.1. The Morgan fingerprint density at radius 2 is 1.96 bits per heavy atom. The lowest BCUT2D eigenvalue weighted by Gasteiger charge is -2.06. The Bertz CT molecular complexity index is 870. The monoisotopic (exact) mass is 432 g/mol. The maximum absolute atomic E-state index is 12.1. The summed E-state index contributed by atoms with van der Waals surface area (Å²) < 4.78 is 12.0. The van der Waals surface area contributed by atoms with Gasteiger partial charge in [-0.15, -0.1) is 0 Å². The maximum Gasteiger partial charge on any atom is 0.326 e. The molecule has 2 aromatic carbocycles. The van der Waals surface area contributed by atoms with E-state index in [2.05, 4.69) is 28.0 Å². The van der Waals surface area contributed by atoms with E-state index in [0.29, 0.717) is 11.4 Å². The van der Waals surface area contributed by atoms with E-state index in [9.17, 15) is 4.79 Å². The Labute approximate surface area is 168 Å². The number of amides is 2. The molecule has 0 aliphatic rings. The Kier molecular flexibility index (Phi) is 7.36. The number of carbonyl (C=O) groups excluding carboxylic acids is 1. The zero-order valence-corrected chi connectivity index (χ0v) is 16.6. The summed E-state index contributed by atoms with van der Waals surface area (Å²) in [5.74, 6) is 0.931. The van der Waals surface area contributed by atoms with Gasteiger partial charge in [-0.1, -0.05) is 36.4 Å². The highest BCUT2D eigenvalue weighted by atomic mass is 79.9. The van der Waals surface area contributed by atoms with Crippen LogP contribution in [0.2, 0.25) is 0 Å². The van der Waals surface area contributed by atoms with E-state index in [1.54, 1.807) is 42.3 Å². The molecule has 1 aromatic heterocycles.